The third-order valence-electron chi connectivity index (χ3n) is 2.90. The van der Waals surface area contributed by atoms with Gasteiger partial charge in [-0.25, -0.2) is 4.68 Å². The molecular formula is C12H12N6S2. The number of benzene rings is 1. The van der Waals surface area contributed by atoms with Crippen molar-refractivity contribution in [3.63, 3.8) is 0 Å². The van der Waals surface area contributed by atoms with Crippen molar-refractivity contribution in [3.05, 3.63) is 36.0 Å². The summed E-state index contributed by atoms with van der Waals surface area (Å²) in [4.78, 5) is 1.42. The molecule has 20 heavy (non-hydrogen) atoms. The van der Waals surface area contributed by atoms with Gasteiger partial charge in [-0.2, -0.15) is 9.90 Å². The average Bonchev–Trinajstić information content (AvgIpc) is 3.04. The van der Waals surface area contributed by atoms with Crippen LogP contribution in [0.4, 0.5) is 0 Å². The van der Waals surface area contributed by atoms with E-state index in [0.717, 1.165) is 21.8 Å². The second-order valence-electron chi connectivity index (χ2n) is 4.26. The maximum Gasteiger partial charge on any atom is 0.209 e. The van der Waals surface area contributed by atoms with Crippen molar-refractivity contribution in [1.29, 1.82) is 0 Å². The van der Waals surface area contributed by atoms with Gasteiger partial charge < -0.3 is 0 Å². The Bertz CT molecular complexity index is 748. The van der Waals surface area contributed by atoms with Crippen LogP contribution in [-0.4, -0.2) is 30.0 Å². The molecule has 0 radical (unpaired) electrons. The first-order valence-electron chi connectivity index (χ1n) is 5.90. The summed E-state index contributed by atoms with van der Waals surface area (Å²) in [6, 6.07) is 8.05. The highest BCUT2D eigenvalue weighted by Crippen LogP contribution is 2.33. The molecule has 0 aliphatic heterocycles. The predicted molar refractivity (Wildman–Crippen MR) is 80.9 cm³/mol. The van der Waals surface area contributed by atoms with Crippen LogP contribution >= 0.6 is 22.5 Å². The van der Waals surface area contributed by atoms with Crippen molar-refractivity contribution < 1.29 is 0 Å². The molecule has 0 bridgehead atoms. The van der Waals surface area contributed by atoms with E-state index in [1.807, 2.05) is 35.9 Å². The predicted octanol–water partition coefficient (Wildman–Crippen LogP) is 2.31. The van der Waals surface area contributed by atoms with E-state index >= 15 is 0 Å². The lowest BCUT2D eigenvalue weighted by Crippen LogP contribution is -2.00. The number of nitrogens with zero attached hydrogens (tertiary/aromatic N) is 6. The minimum atomic E-state index is 0.545. The summed E-state index contributed by atoms with van der Waals surface area (Å²) < 4.78 is 1.85. The standard InChI is InChI=1S/C12H12N6S2/c1-8-5-3-4-6-10(8)18-12(20-19)9(7-13-18)11-14-16-17(2)15-11/h3-7,19H,1-2H3. The quantitative estimate of drug-likeness (QED) is 0.594. The average molecular weight is 304 g/mol. The minimum absolute atomic E-state index is 0.545. The van der Waals surface area contributed by atoms with E-state index in [9.17, 15) is 0 Å². The van der Waals surface area contributed by atoms with Crippen LogP contribution in [0.3, 0.4) is 0 Å². The molecule has 102 valence electrons. The largest absolute Gasteiger partial charge is 0.225 e. The van der Waals surface area contributed by atoms with E-state index in [1.54, 1.807) is 13.2 Å². The van der Waals surface area contributed by atoms with Gasteiger partial charge >= 0.3 is 0 Å². The topological polar surface area (TPSA) is 61.4 Å². The van der Waals surface area contributed by atoms with Gasteiger partial charge in [-0.1, -0.05) is 18.2 Å². The van der Waals surface area contributed by atoms with Crippen LogP contribution in [-0.2, 0) is 7.05 Å². The van der Waals surface area contributed by atoms with Crippen molar-refractivity contribution in [2.45, 2.75) is 11.9 Å². The van der Waals surface area contributed by atoms with Crippen molar-refractivity contribution in [2.75, 3.05) is 0 Å². The number of hydrogen-bond donors (Lipinski definition) is 1. The summed E-state index contributed by atoms with van der Waals surface area (Å²) in [7, 11) is 3.05. The molecule has 0 aliphatic carbocycles. The van der Waals surface area contributed by atoms with Crippen LogP contribution in [0.2, 0.25) is 0 Å². The van der Waals surface area contributed by atoms with Gasteiger partial charge in [0.05, 0.1) is 24.5 Å². The second kappa shape index (κ2) is 5.29. The van der Waals surface area contributed by atoms with Crippen molar-refractivity contribution in [1.82, 2.24) is 30.0 Å². The van der Waals surface area contributed by atoms with E-state index < -0.39 is 0 Å². The summed E-state index contributed by atoms with van der Waals surface area (Å²) in [6.07, 6.45) is 1.74. The van der Waals surface area contributed by atoms with Gasteiger partial charge in [0.25, 0.3) is 0 Å². The highest BCUT2D eigenvalue weighted by Gasteiger charge is 2.18. The minimum Gasteiger partial charge on any atom is -0.225 e. The molecule has 2 heterocycles. The van der Waals surface area contributed by atoms with Crippen molar-refractivity contribution in [3.8, 4) is 17.1 Å². The Morgan fingerprint density at radius 3 is 2.70 bits per heavy atom. The van der Waals surface area contributed by atoms with Gasteiger partial charge in [0.15, 0.2) is 0 Å². The maximum absolute atomic E-state index is 4.43. The van der Waals surface area contributed by atoms with Crippen LogP contribution in [0, 0.1) is 6.92 Å². The van der Waals surface area contributed by atoms with Crippen molar-refractivity contribution in [2.24, 2.45) is 7.05 Å². The first kappa shape index (κ1) is 13.2. The molecule has 0 unspecified atom stereocenters. The molecule has 1 aromatic carbocycles. The lowest BCUT2D eigenvalue weighted by atomic mass is 10.2. The third kappa shape index (κ3) is 2.20. The molecule has 0 saturated carbocycles. The molecular weight excluding hydrogens is 292 g/mol. The van der Waals surface area contributed by atoms with E-state index in [-0.39, 0.29) is 0 Å². The van der Waals surface area contributed by atoms with Gasteiger partial charge in [-0.05, 0) is 34.6 Å². The second-order valence-corrected chi connectivity index (χ2v) is 5.37. The fourth-order valence-corrected chi connectivity index (χ4v) is 2.94. The summed E-state index contributed by atoms with van der Waals surface area (Å²) >= 11 is 4.33. The molecule has 0 spiro atoms. The fraction of sp³-hybridized carbons (Fsp3) is 0.167. The number of aryl methyl sites for hydroxylation is 2. The molecule has 0 saturated heterocycles. The number of tetrazole rings is 1. The summed E-state index contributed by atoms with van der Waals surface area (Å²) in [5, 5.41) is 17.4. The van der Waals surface area contributed by atoms with Crippen LogP contribution in [0.15, 0.2) is 35.5 Å². The van der Waals surface area contributed by atoms with Gasteiger partial charge in [0.2, 0.25) is 5.82 Å². The van der Waals surface area contributed by atoms with Crippen LogP contribution < -0.4 is 0 Å². The Hall–Kier alpha value is -1.80. The normalized spacial score (nSPS) is 10.9. The molecule has 0 amide bonds. The van der Waals surface area contributed by atoms with E-state index in [4.69, 9.17) is 0 Å². The lowest BCUT2D eigenvalue weighted by molar-refractivity contribution is 0.630. The van der Waals surface area contributed by atoms with Crippen LogP contribution in [0.5, 0.6) is 0 Å². The van der Waals surface area contributed by atoms with Gasteiger partial charge in [0, 0.05) is 0 Å². The first-order valence-corrected chi connectivity index (χ1v) is 7.77. The van der Waals surface area contributed by atoms with Gasteiger partial charge in [0.1, 0.15) is 5.03 Å². The number of thiol groups is 1. The highest BCUT2D eigenvalue weighted by molar-refractivity contribution is 8.68. The van der Waals surface area contributed by atoms with E-state index in [1.165, 1.54) is 15.6 Å². The third-order valence-corrected chi connectivity index (χ3v) is 3.99. The SMILES string of the molecule is Cc1ccccc1-n1ncc(-c2nnn(C)n2)c1SS. The van der Waals surface area contributed by atoms with Gasteiger partial charge in [-0.15, -0.1) is 21.9 Å². The number of aromatic nitrogens is 6. The Labute approximate surface area is 125 Å². The first-order chi connectivity index (χ1) is 9.70. The zero-order valence-corrected chi connectivity index (χ0v) is 12.6. The molecule has 3 aromatic rings. The smallest absolute Gasteiger partial charge is 0.209 e. The summed E-state index contributed by atoms with van der Waals surface area (Å²) in [6.45, 7) is 2.05. The van der Waals surface area contributed by atoms with Crippen LogP contribution in [0.1, 0.15) is 5.56 Å². The fourth-order valence-electron chi connectivity index (χ4n) is 1.94. The summed E-state index contributed by atoms with van der Waals surface area (Å²) in [5.41, 5.74) is 2.97. The molecule has 0 aliphatic rings. The Balaban J connectivity index is 2.15. The number of rotatable bonds is 3. The molecule has 0 atom stereocenters. The molecule has 3 rings (SSSR count). The van der Waals surface area contributed by atoms with E-state index in [0.29, 0.717) is 5.82 Å². The highest BCUT2D eigenvalue weighted by atomic mass is 33.1. The monoisotopic (exact) mass is 304 g/mol. The van der Waals surface area contributed by atoms with Crippen molar-refractivity contribution >= 4 is 22.5 Å². The molecule has 0 N–H and O–H groups in total. The van der Waals surface area contributed by atoms with E-state index in [2.05, 4.69) is 32.2 Å². The number of hydrogen-bond acceptors (Lipinski definition) is 6. The zero-order chi connectivity index (χ0) is 14.1. The van der Waals surface area contributed by atoms with Gasteiger partial charge in [-0.3, -0.25) is 0 Å². The van der Waals surface area contributed by atoms with Crippen LogP contribution in [0.25, 0.3) is 17.1 Å². The molecule has 0 fully saturated rings. The molecule has 2 aromatic heterocycles. The summed E-state index contributed by atoms with van der Waals surface area (Å²) in [5.74, 6) is 0.545. The molecule has 6 nitrogen and oxygen atoms in total. The number of para-hydroxylation sites is 1. The Kier molecular flexibility index (Phi) is 3.49. The zero-order valence-electron chi connectivity index (χ0n) is 10.9. The Morgan fingerprint density at radius 2 is 2.05 bits per heavy atom. The Morgan fingerprint density at radius 1 is 1.25 bits per heavy atom. The maximum atomic E-state index is 4.43. The molecule has 8 heteroatoms. The lowest BCUT2D eigenvalue weighted by Gasteiger charge is -2.08.